The normalized spacial score (nSPS) is 16.9. The van der Waals surface area contributed by atoms with Crippen molar-refractivity contribution in [3.63, 3.8) is 0 Å². The van der Waals surface area contributed by atoms with E-state index in [0.29, 0.717) is 11.3 Å². The molecule has 2 atom stereocenters. The Morgan fingerprint density at radius 1 is 1.00 bits per heavy atom. The fraction of sp³-hybridized carbons (Fsp3) is 0.120. The van der Waals surface area contributed by atoms with Crippen molar-refractivity contribution in [3.8, 4) is 11.5 Å². The van der Waals surface area contributed by atoms with Crippen LogP contribution >= 0.6 is 10.9 Å². The zero-order valence-corrected chi connectivity index (χ0v) is 18.7. The van der Waals surface area contributed by atoms with E-state index in [-0.39, 0.29) is 22.1 Å². The number of primary amides is 1. The average Bonchev–Trinajstić information content (AvgIpc) is 3.19. The van der Waals surface area contributed by atoms with E-state index < -0.39 is 34.5 Å². The van der Waals surface area contributed by atoms with Crippen LogP contribution in [-0.4, -0.2) is 17.0 Å². The molecule has 0 saturated heterocycles. The molecule has 3 N–H and O–H groups in total. The molecule has 3 aromatic rings. The number of thiol groups is 1. The van der Waals surface area contributed by atoms with Gasteiger partial charge in [-0.2, -0.15) is 24.1 Å². The van der Waals surface area contributed by atoms with Gasteiger partial charge in [0.05, 0.1) is 16.7 Å². The summed E-state index contributed by atoms with van der Waals surface area (Å²) in [5.41, 5.74) is 6.76. The van der Waals surface area contributed by atoms with Crippen LogP contribution in [0.15, 0.2) is 77.0 Å². The number of alkyl halides is 3. The molecule has 2 unspecified atom stereocenters. The number of carboxylic acid groups (broad SMARTS) is 1. The Bertz CT molecular complexity index is 1290. The van der Waals surface area contributed by atoms with E-state index in [1.165, 1.54) is 24.3 Å². The number of carbonyl (C=O) groups is 2. The molecule has 9 heteroatoms. The number of carbonyl (C=O) groups excluding carboxylic acids is 1. The predicted molar refractivity (Wildman–Crippen MR) is 124 cm³/mol. The first kappa shape index (κ1) is 23.4. The minimum absolute atomic E-state index is 0.0604. The number of fused-ring (bicyclic) bond motifs is 1. The molecule has 4 rings (SSSR count). The maximum absolute atomic E-state index is 12.9. The molecule has 5 nitrogen and oxygen atoms in total. The first-order chi connectivity index (χ1) is 16.1. The Kier molecular flexibility index (Phi) is 6.14. The number of benzene rings is 3. The number of hydrogen-bond donors (Lipinski definition) is 3. The number of ether oxygens (including phenoxy) is 1. The number of halogens is 3. The van der Waals surface area contributed by atoms with Crippen LogP contribution in [0.4, 0.5) is 13.2 Å². The summed E-state index contributed by atoms with van der Waals surface area (Å²) in [5, 5.41) is 10.9. The summed E-state index contributed by atoms with van der Waals surface area (Å²) in [7, 11) is -1.05. The van der Waals surface area contributed by atoms with Gasteiger partial charge in [0.2, 0.25) is 5.91 Å². The molecule has 1 aliphatic rings. The summed E-state index contributed by atoms with van der Waals surface area (Å²) in [5.74, 6) is -1.14. The third-order valence-electron chi connectivity index (χ3n) is 5.55. The maximum atomic E-state index is 12.9. The minimum Gasteiger partial charge on any atom is -0.478 e. The molecule has 0 spiro atoms. The quantitative estimate of drug-likeness (QED) is 0.364. The van der Waals surface area contributed by atoms with Crippen molar-refractivity contribution < 1.29 is 32.6 Å². The summed E-state index contributed by atoms with van der Waals surface area (Å²) in [6.45, 7) is 1.98. The van der Waals surface area contributed by atoms with Gasteiger partial charge in [0.25, 0.3) is 0 Å². The standard InChI is InChI=1S/C25H20F3NO4S/c1-14(15-5-7-16(8-6-15)24(31)32)34-13-19(23(29)30)22-20(3-2-4-21(22)34)33-18-11-9-17(10-12-18)25(26,27)28/h2-14,34H,1H3,(H2,29,30)(H,31,32). The molecule has 1 amide bonds. The smallest absolute Gasteiger partial charge is 0.416 e. The lowest BCUT2D eigenvalue weighted by Gasteiger charge is -2.24. The highest BCUT2D eigenvalue weighted by atomic mass is 32.2. The van der Waals surface area contributed by atoms with E-state index in [4.69, 9.17) is 15.6 Å². The fourth-order valence-corrected chi connectivity index (χ4v) is 6.33. The second kappa shape index (κ2) is 8.90. The Balaban J connectivity index is 1.69. The molecule has 0 fully saturated rings. The van der Waals surface area contributed by atoms with Gasteiger partial charge < -0.3 is 15.6 Å². The second-order valence-electron chi connectivity index (χ2n) is 7.69. The van der Waals surface area contributed by atoms with E-state index in [9.17, 15) is 22.8 Å². The van der Waals surface area contributed by atoms with E-state index in [0.717, 1.165) is 22.6 Å². The van der Waals surface area contributed by atoms with Crippen LogP contribution in [-0.2, 0) is 11.0 Å². The number of rotatable bonds is 6. The maximum Gasteiger partial charge on any atom is 0.416 e. The molecule has 34 heavy (non-hydrogen) atoms. The zero-order chi connectivity index (χ0) is 24.6. The highest BCUT2D eigenvalue weighted by Gasteiger charge is 2.32. The number of amides is 1. The topological polar surface area (TPSA) is 89.6 Å². The lowest BCUT2D eigenvalue weighted by atomic mass is 10.1. The summed E-state index contributed by atoms with van der Waals surface area (Å²) < 4.78 is 44.5. The SMILES string of the molecule is CC(c1ccc(C(=O)O)cc1)[SH]1C=C(C(N)=O)c2c(Oc3ccc(C(F)(F)F)cc3)cccc21. The van der Waals surface area contributed by atoms with Gasteiger partial charge in [-0.15, -0.1) is 0 Å². The number of nitrogens with two attached hydrogens (primary N) is 1. The highest BCUT2D eigenvalue weighted by molar-refractivity contribution is 8.20. The lowest BCUT2D eigenvalue weighted by molar-refractivity contribution is -0.137. The van der Waals surface area contributed by atoms with Crippen LogP contribution in [0.2, 0.25) is 0 Å². The van der Waals surface area contributed by atoms with Crippen molar-refractivity contribution in [2.75, 3.05) is 0 Å². The van der Waals surface area contributed by atoms with Gasteiger partial charge in [0, 0.05) is 15.7 Å². The van der Waals surface area contributed by atoms with Crippen molar-refractivity contribution in [2.24, 2.45) is 5.73 Å². The molecule has 0 saturated carbocycles. The predicted octanol–water partition coefficient (Wildman–Crippen LogP) is 6.16. The van der Waals surface area contributed by atoms with Crippen LogP contribution in [0.3, 0.4) is 0 Å². The van der Waals surface area contributed by atoms with Crippen molar-refractivity contribution in [2.45, 2.75) is 23.2 Å². The molecule has 0 aliphatic carbocycles. The molecule has 0 radical (unpaired) electrons. The Morgan fingerprint density at radius 3 is 2.21 bits per heavy atom. The van der Waals surface area contributed by atoms with Gasteiger partial charge in [-0.1, -0.05) is 25.1 Å². The molecule has 1 heterocycles. The lowest BCUT2D eigenvalue weighted by Crippen LogP contribution is -2.12. The van der Waals surface area contributed by atoms with E-state index in [1.807, 2.05) is 18.4 Å². The average molecular weight is 487 g/mol. The summed E-state index contributed by atoms with van der Waals surface area (Å²) in [4.78, 5) is 24.3. The van der Waals surface area contributed by atoms with Crippen molar-refractivity contribution in [1.82, 2.24) is 0 Å². The van der Waals surface area contributed by atoms with Gasteiger partial charge in [-0.05, 0) is 59.5 Å². The van der Waals surface area contributed by atoms with E-state index >= 15 is 0 Å². The van der Waals surface area contributed by atoms with Crippen LogP contribution in [0.25, 0.3) is 5.57 Å². The number of hydrogen-bond acceptors (Lipinski definition) is 3. The molecular weight excluding hydrogens is 467 g/mol. The first-order valence-corrected chi connectivity index (χ1v) is 11.7. The fourth-order valence-electron chi connectivity index (χ4n) is 3.77. The summed E-state index contributed by atoms with van der Waals surface area (Å²) >= 11 is 0. The molecule has 1 aliphatic heterocycles. The molecule has 0 bridgehead atoms. The monoisotopic (exact) mass is 487 g/mol. The van der Waals surface area contributed by atoms with Crippen LogP contribution in [0.5, 0.6) is 11.5 Å². The zero-order valence-electron chi connectivity index (χ0n) is 17.8. The van der Waals surface area contributed by atoms with Crippen LogP contribution in [0, 0.1) is 0 Å². The minimum atomic E-state index is -4.46. The van der Waals surface area contributed by atoms with Gasteiger partial charge in [-0.3, -0.25) is 4.79 Å². The molecular formula is C25H20F3NO4S. The summed E-state index contributed by atoms with van der Waals surface area (Å²) in [6.07, 6.45) is -4.46. The Morgan fingerprint density at radius 2 is 1.65 bits per heavy atom. The largest absolute Gasteiger partial charge is 0.478 e. The van der Waals surface area contributed by atoms with E-state index in [2.05, 4.69) is 0 Å². The third-order valence-corrected chi connectivity index (χ3v) is 8.15. The van der Waals surface area contributed by atoms with Gasteiger partial charge in [-0.25, -0.2) is 4.79 Å². The van der Waals surface area contributed by atoms with Crippen molar-refractivity contribution in [1.29, 1.82) is 0 Å². The Labute approximate surface area is 196 Å². The summed E-state index contributed by atoms with van der Waals surface area (Å²) in [6, 6.07) is 16.1. The number of aromatic carboxylic acids is 1. The third kappa shape index (κ3) is 4.51. The highest BCUT2D eigenvalue weighted by Crippen LogP contribution is 2.60. The Hall–Kier alpha value is -3.72. The van der Waals surface area contributed by atoms with Crippen LogP contribution in [0.1, 0.15) is 39.2 Å². The van der Waals surface area contributed by atoms with Crippen LogP contribution < -0.4 is 10.5 Å². The van der Waals surface area contributed by atoms with E-state index in [1.54, 1.807) is 24.3 Å². The number of carboxylic acids is 1. The first-order valence-electron chi connectivity index (χ1n) is 10.2. The van der Waals surface area contributed by atoms with Gasteiger partial charge >= 0.3 is 12.1 Å². The second-order valence-corrected chi connectivity index (χ2v) is 10.0. The molecule has 176 valence electrons. The van der Waals surface area contributed by atoms with Crippen molar-refractivity contribution in [3.05, 3.63) is 94.4 Å². The van der Waals surface area contributed by atoms with Gasteiger partial charge in [0.15, 0.2) is 0 Å². The molecule has 0 aromatic heterocycles. The molecule has 3 aromatic carbocycles. The van der Waals surface area contributed by atoms with Crippen molar-refractivity contribution >= 4 is 28.3 Å². The van der Waals surface area contributed by atoms with Gasteiger partial charge in [0.1, 0.15) is 11.5 Å².